The van der Waals surface area contributed by atoms with Crippen LogP contribution in [0.25, 0.3) is 0 Å². The number of hydrogen-bond donors (Lipinski definition) is 7. The summed E-state index contributed by atoms with van der Waals surface area (Å²) in [6.45, 7) is 6.86. The van der Waals surface area contributed by atoms with E-state index in [1.165, 1.54) is 0 Å². The van der Waals surface area contributed by atoms with Crippen molar-refractivity contribution in [3.8, 4) is 0 Å². The van der Waals surface area contributed by atoms with Crippen molar-refractivity contribution in [1.29, 1.82) is 0 Å². The quantitative estimate of drug-likeness (QED) is 0.174. The van der Waals surface area contributed by atoms with Crippen LogP contribution in [0.15, 0.2) is 0 Å². The lowest BCUT2D eigenvalue weighted by Gasteiger charge is -2.27. The van der Waals surface area contributed by atoms with Gasteiger partial charge in [-0.25, -0.2) is 4.79 Å². The lowest BCUT2D eigenvalue weighted by Crippen LogP contribution is -2.59. The first-order valence-corrected chi connectivity index (χ1v) is 10.2. The first kappa shape index (κ1) is 27.7. The largest absolute Gasteiger partial charge is 0.481 e. The van der Waals surface area contributed by atoms with Crippen molar-refractivity contribution in [3.05, 3.63) is 0 Å². The highest BCUT2D eigenvalue weighted by molar-refractivity contribution is 7.80. The predicted molar refractivity (Wildman–Crippen MR) is 112 cm³/mol. The molecule has 172 valence electrons. The van der Waals surface area contributed by atoms with Crippen LogP contribution in [0.1, 0.15) is 40.5 Å². The van der Waals surface area contributed by atoms with Crippen molar-refractivity contribution < 1.29 is 34.2 Å². The molecule has 4 unspecified atom stereocenters. The molecule has 3 amide bonds. The van der Waals surface area contributed by atoms with Crippen molar-refractivity contribution in [2.24, 2.45) is 17.6 Å². The van der Waals surface area contributed by atoms with Gasteiger partial charge in [0.1, 0.15) is 18.1 Å². The van der Waals surface area contributed by atoms with E-state index in [1.54, 1.807) is 27.7 Å². The van der Waals surface area contributed by atoms with E-state index in [-0.39, 0.29) is 24.0 Å². The van der Waals surface area contributed by atoms with E-state index in [0.29, 0.717) is 0 Å². The summed E-state index contributed by atoms with van der Waals surface area (Å²) in [5.74, 6) is -5.34. The molecule has 0 heterocycles. The van der Waals surface area contributed by atoms with Crippen LogP contribution in [0.4, 0.5) is 0 Å². The number of nitrogens with one attached hydrogen (secondary N) is 3. The van der Waals surface area contributed by atoms with E-state index in [1.807, 2.05) is 0 Å². The van der Waals surface area contributed by atoms with E-state index in [2.05, 4.69) is 28.6 Å². The Morgan fingerprint density at radius 2 is 1.37 bits per heavy atom. The van der Waals surface area contributed by atoms with Crippen molar-refractivity contribution >= 4 is 42.3 Å². The molecular formula is C18H32N4O7S. The van der Waals surface area contributed by atoms with Crippen LogP contribution in [0, 0.1) is 11.8 Å². The van der Waals surface area contributed by atoms with Gasteiger partial charge in [-0.2, -0.15) is 12.6 Å². The molecule has 11 nitrogen and oxygen atoms in total. The van der Waals surface area contributed by atoms with Gasteiger partial charge in [0, 0.05) is 12.2 Å². The second-order valence-electron chi connectivity index (χ2n) is 7.58. The summed E-state index contributed by atoms with van der Waals surface area (Å²) in [4.78, 5) is 59.5. The number of aliphatic carboxylic acids is 2. The third-order valence-electron chi connectivity index (χ3n) is 4.34. The van der Waals surface area contributed by atoms with E-state index in [9.17, 15) is 24.0 Å². The molecule has 0 aliphatic carbocycles. The molecule has 0 rings (SSSR count). The number of carboxylic acid groups (broad SMARTS) is 2. The lowest BCUT2D eigenvalue weighted by molar-refractivity contribution is -0.142. The van der Waals surface area contributed by atoms with E-state index >= 15 is 0 Å². The lowest BCUT2D eigenvalue weighted by atomic mass is 9.99. The zero-order valence-corrected chi connectivity index (χ0v) is 18.4. The summed E-state index contributed by atoms with van der Waals surface area (Å²) in [5.41, 5.74) is 5.80. The van der Waals surface area contributed by atoms with Gasteiger partial charge in [-0.1, -0.05) is 27.7 Å². The fourth-order valence-corrected chi connectivity index (χ4v) is 2.59. The Hall–Kier alpha value is -2.34. The first-order valence-electron chi connectivity index (χ1n) is 9.53. The Morgan fingerprint density at radius 3 is 1.77 bits per heavy atom. The maximum absolute atomic E-state index is 12.7. The molecule has 0 saturated heterocycles. The molecule has 0 bridgehead atoms. The van der Waals surface area contributed by atoms with Crippen LogP contribution in [0.5, 0.6) is 0 Å². The van der Waals surface area contributed by atoms with Crippen molar-refractivity contribution in [3.63, 3.8) is 0 Å². The second-order valence-corrected chi connectivity index (χ2v) is 7.94. The summed E-state index contributed by atoms with van der Waals surface area (Å²) >= 11 is 3.85. The highest BCUT2D eigenvalue weighted by Gasteiger charge is 2.32. The zero-order chi connectivity index (χ0) is 23.6. The molecule has 0 saturated carbocycles. The van der Waals surface area contributed by atoms with Crippen molar-refractivity contribution in [2.75, 3.05) is 5.75 Å². The molecule has 0 aliphatic rings. The van der Waals surface area contributed by atoms with Crippen molar-refractivity contribution in [2.45, 2.75) is 64.7 Å². The number of amides is 3. The third-order valence-corrected chi connectivity index (χ3v) is 4.71. The Morgan fingerprint density at radius 1 is 0.833 bits per heavy atom. The summed E-state index contributed by atoms with van der Waals surface area (Å²) in [5, 5.41) is 25.1. The minimum absolute atomic E-state index is 0.163. The van der Waals surface area contributed by atoms with Crippen LogP contribution < -0.4 is 21.7 Å². The Bertz CT molecular complexity index is 642. The smallest absolute Gasteiger partial charge is 0.327 e. The molecule has 30 heavy (non-hydrogen) atoms. The number of carbonyl (C=O) groups excluding carboxylic acids is 3. The number of nitrogens with two attached hydrogens (primary N) is 1. The number of carbonyl (C=O) groups is 5. The van der Waals surface area contributed by atoms with E-state index < -0.39 is 60.2 Å². The van der Waals surface area contributed by atoms with Crippen molar-refractivity contribution in [1.82, 2.24) is 16.0 Å². The van der Waals surface area contributed by atoms with Gasteiger partial charge >= 0.3 is 11.9 Å². The Labute approximate surface area is 180 Å². The molecule has 0 spiro atoms. The molecule has 0 radical (unpaired) electrons. The van der Waals surface area contributed by atoms with Gasteiger partial charge < -0.3 is 31.9 Å². The van der Waals surface area contributed by atoms with E-state index in [4.69, 9.17) is 15.9 Å². The van der Waals surface area contributed by atoms with Gasteiger partial charge in [-0.05, 0) is 18.3 Å². The number of carboxylic acids is 2. The standard InChI is InChI=1S/C18H32N4O7S/c1-8(2)13(19)16(26)22-14(9(3)4)17(27)20-10(5-6-12(23)24)15(25)21-11(7-30)18(28)29/h8-11,13-14,30H,5-7,19H2,1-4H3,(H,20,27)(H,21,25)(H,22,26)(H,23,24)(H,28,29). The highest BCUT2D eigenvalue weighted by atomic mass is 32.1. The second kappa shape index (κ2) is 13.1. The van der Waals surface area contributed by atoms with Gasteiger partial charge in [0.05, 0.1) is 6.04 Å². The van der Waals surface area contributed by atoms with Gasteiger partial charge in [-0.3, -0.25) is 19.2 Å². The summed E-state index contributed by atoms with van der Waals surface area (Å²) in [6, 6.07) is -4.48. The van der Waals surface area contributed by atoms with Gasteiger partial charge in [0.25, 0.3) is 0 Å². The fraction of sp³-hybridized carbons (Fsp3) is 0.722. The number of hydrogen-bond acceptors (Lipinski definition) is 7. The number of rotatable bonds is 13. The van der Waals surface area contributed by atoms with E-state index in [0.717, 1.165) is 0 Å². The molecule has 0 aromatic heterocycles. The average molecular weight is 449 g/mol. The normalized spacial score (nSPS) is 15.1. The topological polar surface area (TPSA) is 188 Å². The maximum atomic E-state index is 12.7. The zero-order valence-electron chi connectivity index (χ0n) is 17.5. The van der Waals surface area contributed by atoms with Crippen LogP contribution in [0.2, 0.25) is 0 Å². The van der Waals surface area contributed by atoms with Gasteiger partial charge in [0.2, 0.25) is 17.7 Å². The molecule has 0 fully saturated rings. The monoisotopic (exact) mass is 448 g/mol. The highest BCUT2D eigenvalue weighted by Crippen LogP contribution is 2.07. The SMILES string of the molecule is CC(C)C(N)C(=O)NC(C(=O)NC(CCC(=O)O)C(=O)NC(CS)C(=O)O)C(C)C. The number of thiol groups is 1. The van der Waals surface area contributed by atoms with Crippen LogP contribution >= 0.6 is 12.6 Å². The minimum Gasteiger partial charge on any atom is -0.481 e. The Balaban J connectivity index is 5.42. The predicted octanol–water partition coefficient (Wildman–Crippen LogP) is -1.04. The molecular weight excluding hydrogens is 416 g/mol. The fourth-order valence-electron chi connectivity index (χ4n) is 2.34. The molecule has 7 N–H and O–H groups in total. The van der Waals surface area contributed by atoms with Crippen LogP contribution in [-0.2, 0) is 24.0 Å². The molecule has 0 aromatic carbocycles. The third kappa shape index (κ3) is 9.44. The minimum atomic E-state index is -1.32. The first-order chi connectivity index (χ1) is 13.8. The molecule has 12 heteroatoms. The molecule has 4 atom stereocenters. The molecule has 0 aliphatic heterocycles. The summed E-state index contributed by atoms with van der Waals surface area (Å²) < 4.78 is 0. The van der Waals surface area contributed by atoms with Gasteiger partial charge in [-0.15, -0.1) is 0 Å². The average Bonchev–Trinajstić information content (AvgIpc) is 2.65. The maximum Gasteiger partial charge on any atom is 0.327 e. The van der Waals surface area contributed by atoms with Crippen LogP contribution in [-0.4, -0.2) is 69.8 Å². The Kier molecular flexibility index (Phi) is 12.0. The van der Waals surface area contributed by atoms with Gasteiger partial charge in [0.15, 0.2) is 0 Å². The van der Waals surface area contributed by atoms with Crippen LogP contribution in [0.3, 0.4) is 0 Å². The molecule has 0 aromatic rings. The summed E-state index contributed by atoms with van der Waals surface area (Å²) in [7, 11) is 0. The summed E-state index contributed by atoms with van der Waals surface area (Å²) in [6.07, 6.45) is -0.704.